The Kier molecular flexibility index (Phi) is 11.0. The molecule has 2 N–H and O–H groups in total. The Morgan fingerprint density at radius 3 is 1.52 bits per heavy atom. The second-order valence-electron chi connectivity index (χ2n) is 7.35. The minimum Gasteiger partial charge on any atom is -0.491 e. The second kappa shape index (κ2) is 14.1. The fraction of sp³-hybridized carbons (Fsp3) is 0.440. The lowest BCUT2D eigenvalue weighted by Crippen LogP contribution is -2.16. The van der Waals surface area contributed by atoms with E-state index in [1.54, 1.807) is 0 Å². The van der Waals surface area contributed by atoms with E-state index in [-0.39, 0.29) is 24.7 Å². The number of ether oxygens (including phenoxy) is 2. The third-order valence-electron chi connectivity index (χ3n) is 4.64. The summed E-state index contributed by atoms with van der Waals surface area (Å²) in [5, 5.41) is 5.77. The van der Waals surface area contributed by atoms with Gasteiger partial charge in [0, 0.05) is 12.8 Å². The molecule has 0 saturated heterocycles. The summed E-state index contributed by atoms with van der Waals surface area (Å²) in [6.45, 7) is 5.44. The van der Waals surface area contributed by atoms with Crippen LogP contribution in [0, 0.1) is 0 Å². The van der Waals surface area contributed by atoms with E-state index in [0.717, 1.165) is 25.7 Å². The molecule has 0 atom stereocenters. The first kappa shape index (κ1) is 24.3. The summed E-state index contributed by atoms with van der Waals surface area (Å²) in [7, 11) is 0. The maximum absolute atomic E-state index is 12.3. The third-order valence-corrected chi connectivity index (χ3v) is 4.64. The van der Waals surface area contributed by atoms with E-state index in [0.29, 0.717) is 42.5 Å². The van der Waals surface area contributed by atoms with Crippen molar-refractivity contribution in [3.8, 4) is 11.5 Å². The van der Waals surface area contributed by atoms with Crippen molar-refractivity contribution >= 4 is 23.2 Å². The van der Waals surface area contributed by atoms with Gasteiger partial charge >= 0.3 is 0 Å². The highest BCUT2D eigenvalue weighted by atomic mass is 16.5. The van der Waals surface area contributed by atoms with Gasteiger partial charge in [-0.2, -0.15) is 0 Å². The van der Waals surface area contributed by atoms with Crippen LogP contribution >= 0.6 is 0 Å². The minimum atomic E-state index is -0.136. The number of amides is 2. The molecule has 0 unspecified atom stereocenters. The Morgan fingerprint density at radius 1 is 0.677 bits per heavy atom. The molecule has 0 aromatic heterocycles. The lowest BCUT2D eigenvalue weighted by atomic mass is 10.2. The summed E-state index contributed by atoms with van der Waals surface area (Å²) in [5.74, 6) is 1.06. The van der Waals surface area contributed by atoms with Crippen LogP contribution in [0.4, 0.5) is 11.4 Å². The number of nitrogens with one attached hydrogen (secondary N) is 2. The molecule has 2 rings (SSSR count). The lowest BCUT2D eigenvalue weighted by molar-refractivity contribution is -0.117. The molecule has 0 aliphatic rings. The highest BCUT2D eigenvalue weighted by Crippen LogP contribution is 2.25. The molecule has 0 radical (unpaired) electrons. The van der Waals surface area contributed by atoms with E-state index in [9.17, 15) is 9.59 Å². The monoisotopic (exact) mass is 426 g/mol. The van der Waals surface area contributed by atoms with E-state index in [1.807, 2.05) is 48.5 Å². The van der Waals surface area contributed by atoms with Crippen molar-refractivity contribution < 1.29 is 19.1 Å². The number of unbranched alkanes of at least 4 members (excludes halogenated alkanes) is 2. The smallest absolute Gasteiger partial charge is 0.224 e. The standard InChI is InChI=1S/C25H34N2O4/c1-3-5-18-30-22-14-9-7-12-20(22)26-24(28)16-11-17-25(29)27-21-13-8-10-15-23(21)31-19-6-4-2/h7-10,12-15H,3-6,11,16-19H2,1-2H3,(H,26,28)(H,27,29). The van der Waals surface area contributed by atoms with E-state index in [2.05, 4.69) is 24.5 Å². The SMILES string of the molecule is CCCCOc1ccccc1NC(=O)CCCC(=O)Nc1ccccc1OCCCC. The van der Waals surface area contributed by atoms with Gasteiger partial charge in [0.25, 0.3) is 0 Å². The summed E-state index contributed by atoms with van der Waals surface area (Å²) < 4.78 is 11.5. The van der Waals surface area contributed by atoms with Crippen molar-refractivity contribution in [1.29, 1.82) is 0 Å². The zero-order chi connectivity index (χ0) is 22.3. The van der Waals surface area contributed by atoms with Crippen molar-refractivity contribution in [3.63, 3.8) is 0 Å². The Bertz CT molecular complexity index is 755. The number of rotatable bonds is 14. The van der Waals surface area contributed by atoms with Crippen LogP contribution in [0.2, 0.25) is 0 Å². The van der Waals surface area contributed by atoms with Crippen LogP contribution in [-0.2, 0) is 9.59 Å². The zero-order valence-corrected chi connectivity index (χ0v) is 18.6. The van der Waals surface area contributed by atoms with Crippen LogP contribution < -0.4 is 20.1 Å². The van der Waals surface area contributed by atoms with Gasteiger partial charge in [-0.25, -0.2) is 0 Å². The molecule has 0 spiro atoms. The van der Waals surface area contributed by atoms with Crippen LogP contribution in [0.15, 0.2) is 48.5 Å². The maximum Gasteiger partial charge on any atom is 0.224 e. The van der Waals surface area contributed by atoms with Gasteiger partial charge in [-0.15, -0.1) is 0 Å². The molecule has 2 aromatic carbocycles. The van der Waals surface area contributed by atoms with Gasteiger partial charge in [0.1, 0.15) is 11.5 Å². The number of carbonyl (C=O) groups excluding carboxylic acids is 2. The number of carbonyl (C=O) groups is 2. The molecular weight excluding hydrogens is 392 g/mol. The summed E-state index contributed by atoms with van der Waals surface area (Å²) in [6.07, 6.45) is 4.98. The zero-order valence-electron chi connectivity index (χ0n) is 18.6. The Morgan fingerprint density at radius 2 is 1.10 bits per heavy atom. The first-order valence-electron chi connectivity index (χ1n) is 11.2. The molecule has 2 amide bonds. The van der Waals surface area contributed by atoms with Gasteiger partial charge in [0.2, 0.25) is 11.8 Å². The number of hydrogen-bond acceptors (Lipinski definition) is 4. The molecule has 31 heavy (non-hydrogen) atoms. The highest BCUT2D eigenvalue weighted by Gasteiger charge is 2.11. The summed E-state index contributed by atoms with van der Waals surface area (Å²) in [6, 6.07) is 14.8. The molecule has 0 saturated carbocycles. The van der Waals surface area contributed by atoms with Crippen molar-refractivity contribution in [1.82, 2.24) is 0 Å². The van der Waals surface area contributed by atoms with Gasteiger partial charge in [0.05, 0.1) is 24.6 Å². The van der Waals surface area contributed by atoms with Crippen LogP contribution in [-0.4, -0.2) is 25.0 Å². The number of benzene rings is 2. The van der Waals surface area contributed by atoms with Crippen LogP contribution in [0.1, 0.15) is 58.8 Å². The minimum absolute atomic E-state index is 0.136. The average Bonchev–Trinajstić information content (AvgIpc) is 2.76. The van der Waals surface area contributed by atoms with Crippen molar-refractivity contribution in [3.05, 3.63) is 48.5 Å². The fourth-order valence-corrected chi connectivity index (χ4v) is 2.88. The van der Waals surface area contributed by atoms with Crippen molar-refractivity contribution in [2.75, 3.05) is 23.8 Å². The van der Waals surface area contributed by atoms with Crippen molar-refractivity contribution in [2.24, 2.45) is 0 Å². The predicted molar refractivity (Wildman–Crippen MR) is 125 cm³/mol. The van der Waals surface area contributed by atoms with E-state index in [4.69, 9.17) is 9.47 Å². The van der Waals surface area contributed by atoms with Crippen molar-refractivity contribution in [2.45, 2.75) is 58.8 Å². The average molecular weight is 427 g/mol. The fourth-order valence-electron chi connectivity index (χ4n) is 2.88. The van der Waals surface area contributed by atoms with E-state index < -0.39 is 0 Å². The second-order valence-corrected chi connectivity index (χ2v) is 7.35. The lowest BCUT2D eigenvalue weighted by Gasteiger charge is -2.13. The first-order chi connectivity index (χ1) is 15.1. The number of anilines is 2. The van der Waals surface area contributed by atoms with Gasteiger partial charge in [0.15, 0.2) is 0 Å². The maximum atomic E-state index is 12.3. The molecule has 168 valence electrons. The van der Waals surface area contributed by atoms with Gasteiger partial charge in [-0.3, -0.25) is 9.59 Å². The first-order valence-corrected chi connectivity index (χ1v) is 11.2. The molecule has 0 heterocycles. The summed E-state index contributed by atoms with van der Waals surface area (Å²) in [5.41, 5.74) is 1.32. The van der Waals surface area contributed by atoms with Crippen LogP contribution in [0.3, 0.4) is 0 Å². The Hall–Kier alpha value is -3.02. The topological polar surface area (TPSA) is 76.7 Å². The van der Waals surface area contributed by atoms with Gasteiger partial charge in [-0.05, 0) is 43.5 Å². The van der Waals surface area contributed by atoms with E-state index in [1.165, 1.54) is 0 Å². The predicted octanol–water partition coefficient (Wildman–Crippen LogP) is 5.79. The molecule has 0 fully saturated rings. The van der Waals surface area contributed by atoms with E-state index >= 15 is 0 Å². The molecule has 0 aliphatic carbocycles. The molecule has 2 aromatic rings. The quantitative estimate of drug-likeness (QED) is 0.375. The van der Waals surface area contributed by atoms with Crippen LogP contribution in [0.25, 0.3) is 0 Å². The molecule has 0 bridgehead atoms. The summed E-state index contributed by atoms with van der Waals surface area (Å²) in [4.78, 5) is 24.6. The largest absolute Gasteiger partial charge is 0.491 e. The third kappa shape index (κ3) is 9.11. The normalized spacial score (nSPS) is 10.4. The van der Waals surface area contributed by atoms with Gasteiger partial charge in [-0.1, -0.05) is 51.0 Å². The highest BCUT2D eigenvalue weighted by molar-refractivity contribution is 5.94. The van der Waals surface area contributed by atoms with Gasteiger partial charge < -0.3 is 20.1 Å². The Labute approximate surface area is 185 Å². The molecule has 0 aliphatic heterocycles. The molecule has 6 nitrogen and oxygen atoms in total. The Balaban J connectivity index is 1.77. The molecule has 6 heteroatoms. The number of hydrogen-bond donors (Lipinski definition) is 2. The number of para-hydroxylation sites is 4. The summed E-state index contributed by atoms with van der Waals surface area (Å²) >= 11 is 0. The molecular formula is C25H34N2O4. The van der Waals surface area contributed by atoms with Crippen LogP contribution in [0.5, 0.6) is 11.5 Å².